The van der Waals surface area contributed by atoms with E-state index in [-0.39, 0.29) is 5.69 Å². The van der Waals surface area contributed by atoms with Crippen molar-refractivity contribution < 1.29 is 9.21 Å². The Morgan fingerprint density at radius 1 is 1.33 bits per heavy atom. The number of piperazine rings is 1. The van der Waals surface area contributed by atoms with Crippen molar-refractivity contribution in [2.75, 3.05) is 33.2 Å². The smallest absolute Gasteiger partial charge is 0.270 e. The highest BCUT2D eigenvalue weighted by Crippen LogP contribution is 2.34. The molecule has 1 aliphatic carbocycles. The van der Waals surface area contributed by atoms with Crippen LogP contribution in [0.2, 0.25) is 0 Å². The first-order chi connectivity index (χ1) is 10.1. The number of rotatable bonds is 3. The maximum absolute atomic E-state index is 11.1. The molecule has 2 aliphatic rings. The number of nitrogens with two attached hydrogens (primary N) is 1. The van der Waals surface area contributed by atoms with Crippen molar-refractivity contribution in [3.63, 3.8) is 0 Å². The lowest BCUT2D eigenvalue weighted by atomic mass is 9.84. The van der Waals surface area contributed by atoms with Gasteiger partial charge in [-0.05, 0) is 26.3 Å². The summed E-state index contributed by atoms with van der Waals surface area (Å²) >= 11 is 0. The number of carbonyl (C=O) groups is 1. The summed E-state index contributed by atoms with van der Waals surface area (Å²) in [5.74, 6) is 0.482. The highest BCUT2D eigenvalue weighted by molar-refractivity contribution is 5.90. The van der Waals surface area contributed by atoms with Crippen LogP contribution in [-0.2, 0) is 0 Å². The Labute approximate surface area is 125 Å². The maximum Gasteiger partial charge on any atom is 0.270 e. The molecule has 1 aromatic heterocycles. The van der Waals surface area contributed by atoms with Crippen LogP contribution in [0.4, 0.5) is 0 Å². The summed E-state index contributed by atoms with van der Waals surface area (Å²) in [5, 5.41) is 0. The van der Waals surface area contributed by atoms with E-state index in [2.05, 4.69) is 21.8 Å². The van der Waals surface area contributed by atoms with Crippen LogP contribution in [0.25, 0.3) is 0 Å². The largest absolute Gasteiger partial charge is 0.448 e. The van der Waals surface area contributed by atoms with Crippen LogP contribution in [0, 0.1) is 0 Å². The number of hydrogen-bond donors (Lipinski definition) is 1. The molecule has 6 nitrogen and oxygen atoms in total. The maximum atomic E-state index is 11.1. The summed E-state index contributed by atoms with van der Waals surface area (Å²) < 4.78 is 5.48. The van der Waals surface area contributed by atoms with Crippen molar-refractivity contribution in [2.45, 2.75) is 37.6 Å². The SMILES string of the molecule is CN1CCN(C2CCCC(c3nc(C(N)=O)co3)C2)CC1. The molecule has 116 valence electrons. The molecule has 1 amide bonds. The molecule has 0 spiro atoms. The Hall–Kier alpha value is -1.40. The van der Waals surface area contributed by atoms with Crippen molar-refractivity contribution in [2.24, 2.45) is 5.73 Å². The van der Waals surface area contributed by atoms with Crippen LogP contribution in [0.15, 0.2) is 10.7 Å². The number of primary amides is 1. The van der Waals surface area contributed by atoms with Crippen molar-refractivity contribution in [3.05, 3.63) is 17.8 Å². The van der Waals surface area contributed by atoms with E-state index in [0.717, 1.165) is 39.0 Å². The molecule has 1 saturated carbocycles. The summed E-state index contributed by atoms with van der Waals surface area (Å²) in [6.45, 7) is 4.58. The summed E-state index contributed by atoms with van der Waals surface area (Å²) in [6.07, 6.45) is 5.99. The van der Waals surface area contributed by atoms with Crippen LogP contribution in [0.3, 0.4) is 0 Å². The van der Waals surface area contributed by atoms with Gasteiger partial charge in [-0.15, -0.1) is 0 Å². The summed E-state index contributed by atoms with van der Waals surface area (Å²) in [6, 6.07) is 0.612. The lowest BCUT2D eigenvalue weighted by Gasteiger charge is -2.41. The summed E-state index contributed by atoms with van der Waals surface area (Å²) in [7, 11) is 2.18. The van der Waals surface area contributed by atoms with Crippen LogP contribution in [0.5, 0.6) is 0 Å². The molecule has 1 saturated heterocycles. The molecule has 0 bridgehead atoms. The second-order valence-corrected chi connectivity index (χ2v) is 6.29. The van der Waals surface area contributed by atoms with Gasteiger partial charge in [0.25, 0.3) is 5.91 Å². The van der Waals surface area contributed by atoms with E-state index in [9.17, 15) is 4.79 Å². The number of likely N-dealkylation sites (N-methyl/N-ethyl adjacent to an activating group) is 1. The lowest BCUT2D eigenvalue weighted by Crippen LogP contribution is -2.50. The van der Waals surface area contributed by atoms with Gasteiger partial charge in [0.05, 0.1) is 0 Å². The van der Waals surface area contributed by atoms with Crippen LogP contribution >= 0.6 is 0 Å². The predicted octanol–water partition coefficient (Wildman–Crippen LogP) is 1.05. The third-order valence-corrected chi connectivity index (χ3v) is 4.82. The minimum Gasteiger partial charge on any atom is -0.448 e. The normalized spacial score (nSPS) is 28.6. The van der Waals surface area contributed by atoms with Gasteiger partial charge in [-0.2, -0.15) is 0 Å². The molecule has 2 fully saturated rings. The topological polar surface area (TPSA) is 75.6 Å². The monoisotopic (exact) mass is 292 g/mol. The fraction of sp³-hybridized carbons (Fsp3) is 0.733. The zero-order valence-electron chi connectivity index (χ0n) is 12.6. The Balaban J connectivity index is 1.63. The highest BCUT2D eigenvalue weighted by atomic mass is 16.3. The number of aromatic nitrogens is 1. The molecular weight excluding hydrogens is 268 g/mol. The molecule has 2 heterocycles. The Morgan fingerprint density at radius 3 is 2.76 bits per heavy atom. The molecule has 2 N–H and O–H groups in total. The zero-order chi connectivity index (χ0) is 14.8. The molecule has 2 atom stereocenters. The molecule has 1 aliphatic heterocycles. The van der Waals surface area contributed by atoms with Gasteiger partial charge in [-0.1, -0.05) is 6.42 Å². The third kappa shape index (κ3) is 3.27. The Bertz CT molecular complexity index is 494. The van der Waals surface area contributed by atoms with Gasteiger partial charge in [0.15, 0.2) is 11.6 Å². The van der Waals surface area contributed by atoms with Gasteiger partial charge in [0.2, 0.25) is 0 Å². The fourth-order valence-electron chi connectivity index (χ4n) is 3.50. The Kier molecular flexibility index (Phi) is 4.26. The van der Waals surface area contributed by atoms with E-state index in [0.29, 0.717) is 17.9 Å². The average molecular weight is 292 g/mol. The van der Waals surface area contributed by atoms with Crippen LogP contribution < -0.4 is 5.73 Å². The van der Waals surface area contributed by atoms with Crippen molar-refractivity contribution in [1.29, 1.82) is 0 Å². The first-order valence-corrected chi connectivity index (χ1v) is 7.81. The first-order valence-electron chi connectivity index (χ1n) is 7.81. The van der Waals surface area contributed by atoms with Gasteiger partial charge in [0.1, 0.15) is 6.26 Å². The molecule has 21 heavy (non-hydrogen) atoms. The van der Waals surface area contributed by atoms with Crippen LogP contribution in [-0.4, -0.2) is 60.0 Å². The van der Waals surface area contributed by atoms with E-state index in [1.54, 1.807) is 0 Å². The van der Waals surface area contributed by atoms with Crippen molar-refractivity contribution in [3.8, 4) is 0 Å². The average Bonchev–Trinajstić information content (AvgIpc) is 2.98. The first kappa shape index (κ1) is 14.5. The second-order valence-electron chi connectivity index (χ2n) is 6.29. The van der Waals surface area contributed by atoms with Crippen molar-refractivity contribution in [1.82, 2.24) is 14.8 Å². The fourth-order valence-corrected chi connectivity index (χ4v) is 3.50. The highest BCUT2D eigenvalue weighted by Gasteiger charge is 2.31. The van der Waals surface area contributed by atoms with E-state index >= 15 is 0 Å². The molecular formula is C15H24N4O2. The van der Waals surface area contributed by atoms with E-state index in [1.165, 1.54) is 19.1 Å². The summed E-state index contributed by atoms with van der Waals surface area (Å²) in [4.78, 5) is 20.4. The van der Waals surface area contributed by atoms with E-state index in [4.69, 9.17) is 10.2 Å². The van der Waals surface area contributed by atoms with Gasteiger partial charge in [-0.3, -0.25) is 9.69 Å². The molecule has 3 rings (SSSR count). The van der Waals surface area contributed by atoms with E-state index in [1.807, 2.05) is 0 Å². The Morgan fingerprint density at radius 2 is 2.10 bits per heavy atom. The van der Waals surface area contributed by atoms with Gasteiger partial charge < -0.3 is 15.1 Å². The quantitative estimate of drug-likeness (QED) is 0.901. The minimum atomic E-state index is -0.517. The van der Waals surface area contributed by atoms with Crippen LogP contribution in [0.1, 0.15) is 48.0 Å². The summed E-state index contributed by atoms with van der Waals surface area (Å²) in [5.41, 5.74) is 5.48. The predicted molar refractivity (Wildman–Crippen MR) is 79.1 cm³/mol. The van der Waals surface area contributed by atoms with Gasteiger partial charge in [-0.25, -0.2) is 4.98 Å². The van der Waals surface area contributed by atoms with Gasteiger partial charge >= 0.3 is 0 Å². The number of amides is 1. The lowest BCUT2D eigenvalue weighted by molar-refractivity contribution is 0.0835. The van der Waals surface area contributed by atoms with Gasteiger partial charge in [0, 0.05) is 38.1 Å². The number of nitrogens with zero attached hydrogens (tertiary/aromatic N) is 3. The number of carbonyl (C=O) groups excluding carboxylic acids is 1. The number of hydrogen-bond acceptors (Lipinski definition) is 5. The number of oxazole rings is 1. The second kappa shape index (κ2) is 6.15. The molecule has 6 heteroatoms. The zero-order valence-corrected chi connectivity index (χ0v) is 12.6. The molecule has 0 aromatic carbocycles. The van der Waals surface area contributed by atoms with E-state index < -0.39 is 5.91 Å². The van der Waals surface area contributed by atoms with Crippen molar-refractivity contribution >= 4 is 5.91 Å². The standard InChI is InChI=1S/C15H24N4O2/c1-18-5-7-19(8-6-18)12-4-2-3-11(9-12)15-17-13(10-21-15)14(16)20/h10-12H,2-9H2,1H3,(H2,16,20). The molecule has 0 radical (unpaired) electrons. The third-order valence-electron chi connectivity index (χ3n) is 4.82. The molecule has 1 aromatic rings. The minimum absolute atomic E-state index is 0.242. The molecule has 2 unspecified atom stereocenters.